The van der Waals surface area contributed by atoms with Gasteiger partial charge in [-0.25, -0.2) is 0 Å². The second-order valence-electron chi connectivity index (χ2n) is 5.20. The van der Waals surface area contributed by atoms with Crippen molar-refractivity contribution < 1.29 is 5.11 Å². The number of nitrogens with one attached hydrogen (secondary N) is 1. The van der Waals surface area contributed by atoms with Gasteiger partial charge in [-0.1, -0.05) is 24.6 Å². The van der Waals surface area contributed by atoms with Gasteiger partial charge in [0.05, 0.1) is 0 Å². The van der Waals surface area contributed by atoms with Crippen LogP contribution in [0.25, 0.3) is 0 Å². The Morgan fingerprint density at radius 3 is 2.94 bits per heavy atom. The van der Waals surface area contributed by atoms with Crippen molar-refractivity contribution in [3.63, 3.8) is 0 Å². The molecule has 3 nitrogen and oxygen atoms in total. The molecule has 2 N–H and O–H groups in total. The maximum absolute atomic E-state index is 9.25. The number of nitrogens with zero attached hydrogens (tertiary/aromatic N) is 1. The Morgan fingerprint density at radius 1 is 1.44 bits per heavy atom. The zero-order chi connectivity index (χ0) is 13.0. The molecule has 1 aliphatic heterocycles. The molecular weight excluding hydrogens is 224 g/mol. The molecule has 0 saturated carbocycles. The van der Waals surface area contributed by atoms with Crippen molar-refractivity contribution in [1.82, 2.24) is 5.32 Å². The molecule has 1 fully saturated rings. The predicted molar refractivity (Wildman–Crippen MR) is 76.0 cm³/mol. The van der Waals surface area contributed by atoms with Gasteiger partial charge in [-0.05, 0) is 31.5 Å². The Kier molecular flexibility index (Phi) is 4.61. The molecule has 0 aromatic heterocycles. The van der Waals surface area contributed by atoms with E-state index in [4.69, 9.17) is 0 Å². The van der Waals surface area contributed by atoms with Crippen molar-refractivity contribution in [3.05, 3.63) is 29.3 Å². The molecule has 1 unspecified atom stereocenters. The van der Waals surface area contributed by atoms with Crippen molar-refractivity contribution in [1.29, 1.82) is 0 Å². The summed E-state index contributed by atoms with van der Waals surface area (Å²) in [5.41, 5.74) is 4.01. The van der Waals surface area contributed by atoms with Gasteiger partial charge in [-0.3, -0.25) is 0 Å². The zero-order valence-electron chi connectivity index (χ0n) is 11.4. The van der Waals surface area contributed by atoms with Crippen LogP contribution in [0.3, 0.4) is 0 Å². The van der Waals surface area contributed by atoms with E-state index in [1.165, 1.54) is 16.8 Å². The van der Waals surface area contributed by atoms with Gasteiger partial charge in [0, 0.05) is 37.8 Å². The van der Waals surface area contributed by atoms with Gasteiger partial charge in [0.2, 0.25) is 0 Å². The summed E-state index contributed by atoms with van der Waals surface area (Å²) in [6.45, 7) is 8.55. The third-order valence-corrected chi connectivity index (χ3v) is 3.69. The Bertz CT molecular complexity index is 392. The summed E-state index contributed by atoms with van der Waals surface area (Å²) in [4.78, 5) is 2.41. The molecular formula is C15H24N2O. The Hall–Kier alpha value is -1.06. The van der Waals surface area contributed by atoms with Crippen LogP contribution < -0.4 is 10.2 Å². The molecule has 0 amide bonds. The van der Waals surface area contributed by atoms with Crippen LogP contribution in [0.1, 0.15) is 24.5 Å². The topological polar surface area (TPSA) is 35.5 Å². The summed E-state index contributed by atoms with van der Waals surface area (Å²) in [5, 5.41) is 12.7. The molecule has 2 rings (SSSR count). The lowest BCUT2D eigenvalue weighted by molar-refractivity contribution is 0.238. The average Bonchev–Trinajstić information content (AvgIpc) is 2.85. The monoisotopic (exact) mass is 248 g/mol. The fraction of sp³-hybridized carbons (Fsp3) is 0.600. The van der Waals surface area contributed by atoms with E-state index in [1.54, 1.807) is 0 Å². The standard InChI is InChI=1S/C15H24N2O/c1-3-16-9-14-8-12(2)4-5-15(14)17-7-6-13(10-17)11-18/h4-5,8,13,16,18H,3,6-7,9-11H2,1-2H3. The number of benzene rings is 1. The average molecular weight is 248 g/mol. The minimum Gasteiger partial charge on any atom is -0.396 e. The third kappa shape index (κ3) is 3.03. The number of aryl methyl sites for hydroxylation is 1. The Morgan fingerprint density at radius 2 is 2.28 bits per heavy atom. The van der Waals surface area contributed by atoms with Crippen molar-refractivity contribution in [3.8, 4) is 0 Å². The number of hydrogen-bond donors (Lipinski definition) is 2. The van der Waals surface area contributed by atoms with Gasteiger partial charge in [0.25, 0.3) is 0 Å². The number of rotatable bonds is 5. The SMILES string of the molecule is CCNCc1cc(C)ccc1N1CCC(CO)C1. The quantitative estimate of drug-likeness (QED) is 0.835. The van der Waals surface area contributed by atoms with Gasteiger partial charge in [-0.2, -0.15) is 0 Å². The smallest absolute Gasteiger partial charge is 0.0476 e. The van der Waals surface area contributed by atoms with Crippen LogP contribution >= 0.6 is 0 Å². The fourth-order valence-corrected chi connectivity index (χ4v) is 2.62. The summed E-state index contributed by atoms with van der Waals surface area (Å²) < 4.78 is 0. The van der Waals surface area contributed by atoms with Crippen LogP contribution in [0.4, 0.5) is 5.69 Å². The Labute approximate surface area is 110 Å². The molecule has 1 aromatic carbocycles. The summed E-state index contributed by atoms with van der Waals surface area (Å²) in [7, 11) is 0. The van der Waals surface area contributed by atoms with Crippen molar-refractivity contribution in [2.24, 2.45) is 5.92 Å². The molecule has 1 saturated heterocycles. The van der Waals surface area contributed by atoms with Crippen LogP contribution in [0.15, 0.2) is 18.2 Å². The molecule has 1 heterocycles. The van der Waals surface area contributed by atoms with Gasteiger partial charge in [0.15, 0.2) is 0 Å². The van der Waals surface area contributed by atoms with Crippen molar-refractivity contribution in [2.75, 3.05) is 31.1 Å². The van der Waals surface area contributed by atoms with Crippen molar-refractivity contribution >= 4 is 5.69 Å². The second kappa shape index (κ2) is 6.21. The molecule has 0 aliphatic carbocycles. The molecule has 3 heteroatoms. The number of hydrogen-bond acceptors (Lipinski definition) is 3. The molecule has 1 aromatic rings. The van der Waals surface area contributed by atoms with Crippen LogP contribution in [0.5, 0.6) is 0 Å². The van der Waals surface area contributed by atoms with E-state index in [2.05, 4.69) is 42.3 Å². The van der Waals surface area contributed by atoms with Gasteiger partial charge >= 0.3 is 0 Å². The largest absolute Gasteiger partial charge is 0.396 e. The van der Waals surface area contributed by atoms with E-state index in [-0.39, 0.29) is 0 Å². The minimum absolute atomic E-state index is 0.310. The lowest BCUT2D eigenvalue weighted by atomic mass is 10.1. The van der Waals surface area contributed by atoms with Gasteiger partial charge in [0.1, 0.15) is 0 Å². The molecule has 0 bridgehead atoms. The van der Waals surface area contributed by atoms with Gasteiger partial charge < -0.3 is 15.3 Å². The van der Waals surface area contributed by atoms with E-state index in [0.717, 1.165) is 32.6 Å². The van der Waals surface area contributed by atoms with E-state index in [9.17, 15) is 5.11 Å². The van der Waals surface area contributed by atoms with Crippen LogP contribution in [0, 0.1) is 12.8 Å². The first kappa shape index (κ1) is 13.4. The Balaban J connectivity index is 2.16. The first-order valence-corrected chi connectivity index (χ1v) is 6.90. The lowest BCUT2D eigenvalue weighted by Gasteiger charge is -2.22. The number of anilines is 1. The maximum atomic E-state index is 9.25. The molecule has 1 aliphatic rings. The third-order valence-electron chi connectivity index (χ3n) is 3.69. The molecule has 0 spiro atoms. The first-order chi connectivity index (χ1) is 8.74. The summed E-state index contributed by atoms with van der Waals surface area (Å²) >= 11 is 0. The highest BCUT2D eigenvalue weighted by molar-refractivity contribution is 5.55. The lowest BCUT2D eigenvalue weighted by Crippen LogP contribution is -2.23. The van der Waals surface area contributed by atoms with E-state index in [1.807, 2.05) is 0 Å². The van der Waals surface area contributed by atoms with Crippen molar-refractivity contribution in [2.45, 2.75) is 26.8 Å². The maximum Gasteiger partial charge on any atom is 0.0476 e. The molecule has 0 radical (unpaired) electrons. The fourth-order valence-electron chi connectivity index (χ4n) is 2.62. The first-order valence-electron chi connectivity index (χ1n) is 6.90. The highest BCUT2D eigenvalue weighted by atomic mass is 16.3. The second-order valence-corrected chi connectivity index (χ2v) is 5.20. The highest BCUT2D eigenvalue weighted by Gasteiger charge is 2.23. The van der Waals surface area contributed by atoms with E-state index in [0.29, 0.717) is 12.5 Å². The molecule has 1 atom stereocenters. The number of aliphatic hydroxyl groups is 1. The summed E-state index contributed by atoms with van der Waals surface area (Å²) in [5.74, 6) is 0.443. The predicted octanol–water partition coefficient (Wildman–Crippen LogP) is 1.92. The van der Waals surface area contributed by atoms with Crippen LogP contribution in [0.2, 0.25) is 0 Å². The summed E-state index contributed by atoms with van der Waals surface area (Å²) in [6.07, 6.45) is 1.10. The summed E-state index contributed by atoms with van der Waals surface area (Å²) in [6, 6.07) is 6.67. The van der Waals surface area contributed by atoms with E-state index < -0.39 is 0 Å². The van der Waals surface area contributed by atoms with Gasteiger partial charge in [-0.15, -0.1) is 0 Å². The minimum atomic E-state index is 0.310. The molecule has 18 heavy (non-hydrogen) atoms. The normalized spacial score (nSPS) is 19.5. The highest BCUT2D eigenvalue weighted by Crippen LogP contribution is 2.27. The van der Waals surface area contributed by atoms with E-state index >= 15 is 0 Å². The molecule has 100 valence electrons. The van der Waals surface area contributed by atoms with Crippen LogP contribution in [-0.4, -0.2) is 31.3 Å². The van der Waals surface area contributed by atoms with Crippen LogP contribution in [-0.2, 0) is 6.54 Å². The number of aliphatic hydroxyl groups excluding tert-OH is 1. The zero-order valence-corrected chi connectivity index (χ0v) is 11.4.